The molecule has 124 valence electrons. The third-order valence-electron chi connectivity index (χ3n) is 3.02. The summed E-state index contributed by atoms with van der Waals surface area (Å²) in [5, 5.41) is 11.5. The van der Waals surface area contributed by atoms with Crippen molar-refractivity contribution in [2.45, 2.75) is 18.1 Å². The van der Waals surface area contributed by atoms with Gasteiger partial charge in [-0.05, 0) is 19.1 Å². The molecule has 1 N–H and O–H groups in total. The summed E-state index contributed by atoms with van der Waals surface area (Å²) in [5.74, 6) is 0.892. The van der Waals surface area contributed by atoms with Gasteiger partial charge in [0.1, 0.15) is 12.1 Å². The Morgan fingerprint density at radius 3 is 2.91 bits per heavy atom. The van der Waals surface area contributed by atoms with Crippen LogP contribution in [0.15, 0.2) is 35.7 Å². The van der Waals surface area contributed by atoms with Crippen LogP contribution in [0.5, 0.6) is 5.75 Å². The Balaban J connectivity index is 2.03. The minimum absolute atomic E-state index is 0.0276. The maximum Gasteiger partial charge on any atom is 0.230 e. The highest BCUT2D eigenvalue weighted by Gasteiger charge is 2.14. The lowest BCUT2D eigenvalue weighted by molar-refractivity contribution is -0.119. The van der Waals surface area contributed by atoms with Crippen molar-refractivity contribution in [2.75, 3.05) is 26.6 Å². The summed E-state index contributed by atoms with van der Waals surface area (Å²) in [4.78, 5) is 11.9. The van der Waals surface area contributed by atoms with Gasteiger partial charge in [-0.2, -0.15) is 0 Å². The van der Waals surface area contributed by atoms with Gasteiger partial charge < -0.3 is 14.8 Å². The molecular weight excluding hydrogens is 316 g/mol. The van der Waals surface area contributed by atoms with E-state index in [-0.39, 0.29) is 17.7 Å². The van der Waals surface area contributed by atoms with Crippen LogP contribution in [0.3, 0.4) is 0 Å². The minimum atomic E-state index is -0.0749. The Morgan fingerprint density at radius 2 is 2.17 bits per heavy atom. The fourth-order valence-corrected chi connectivity index (χ4v) is 2.79. The molecule has 0 aliphatic carbocycles. The van der Waals surface area contributed by atoms with Crippen molar-refractivity contribution in [3.05, 3.63) is 30.6 Å². The number of benzene rings is 1. The van der Waals surface area contributed by atoms with Gasteiger partial charge in [0.2, 0.25) is 5.91 Å². The molecule has 1 aromatic heterocycles. The van der Waals surface area contributed by atoms with Crippen LogP contribution in [-0.4, -0.2) is 53.3 Å². The number of hydrogen-bond donors (Lipinski definition) is 1. The minimum Gasteiger partial charge on any atom is -0.495 e. The van der Waals surface area contributed by atoms with E-state index in [2.05, 4.69) is 15.5 Å². The largest absolute Gasteiger partial charge is 0.495 e. The monoisotopic (exact) mass is 336 g/mol. The van der Waals surface area contributed by atoms with Crippen LogP contribution in [0.1, 0.15) is 6.92 Å². The topological polar surface area (TPSA) is 78.3 Å². The van der Waals surface area contributed by atoms with Crippen LogP contribution < -0.4 is 10.1 Å². The first-order chi connectivity index (χ1) is 11.2. The summed E-state index contributed by atoms with van der Waals surface area (Å²) in [6, 6.07) is 7.55. The number of aromatic nitrogens is 3. The van der Waals surface area contributed by atoms with E-state index in [1.807, 2.05) is 31.2 Å². The number of rotatable bonds is 8. The molecule has 0 unspecified atom stereocenters. The zero-order valence-electron chi connectivity index (χ0n) is 13.4. The lowest BCUT2D eigenvalue weighted by Crippen LogP contribution is -2.36. The van der Waals surface area contributed by atoms with Gasteiger partial charge in [-0.1, -0.05) is 23.9 Å². The quantitative estimate of drug-likeness (QED) is 0.737. The second-order valence-corrected chi connectivity index (χ2v) is 5.81. The highest BCUT2D eigenvalue weighted by Crippen LogP contribution is 2.26. The summed E-state index contributed by atoms with van der Waals surface area (Å²) in [7, 11) is 3.22. The molecule has 7 nitrogen and oxygen atoms in total. The fraction of sp³-hybridized carbons (Fsp3) is 0.400. The third-order valence-corrected chi connectivity index (χ3v) is 3.96. The molecule has 0 aliphatic heterocycles. The van der Waals surface area contributed by atoms with Crippen LogP contribution in [0, 0.1) is 0 Å². The Morgan fingerprint density at radius 1 is 1.39 bits per heavy atom. The SMILES string of the molecule is COC[C@H](C)NC(=O)CSc1nncn1-c1ccccc1OC. The van der Waals surface area contributed by atoms with E-state index in [0.29, 0.717) is 17.5 Å². The van der Waals surface area contributed by atoms with Crippen molar-refractivity contribution in [3.63, 3.8) is 0 Å². The molecule has 2 aromatic rings. The molecule has 0 radical (unpaired) electrons. The van der Waals surface area contributed by atoms with Gasteiger partial charge in [0.25, 0.3) is 0 Å². The van der Waals surface area contributed by atoms with Gasteiger partial charge in [-0.3, -0.25) is 9.36 Å². The number of ether oxygens (including phenoxy) is 2. The predicted octanol–water partition coefficient (Wildman–Crippen LogP) is 1.52. The molecule has 8 heteroatoms. The van der Waals surface area contributed by atoms with Crippen LogP contribution in [-0.2, 0) is 9.53 Å². The highest BCUT2D eigenvalue weighted by molar-refractivity contribution is 7.99. The van der Waals surface area contributed by atoms with E-state index in [4.69, 9.17) is 9.47 Å². The van der Waals surface area contributed by atoms with Crippen LogP contribution >= 0.6 is 11.8 Å². The third kappa shape index (κ3) is 4.70. The molecule has 0 fully saturated rings. The number of carbonyl (C=O) groups excluding carboxylic acids is 1. The molecule has 0 bridgehead atoms. The van der Waals surface area contributed by atoms with Crippen LogP contribution in [0.25, 0.3) is 5.69 Å². The second-order valence-electron chi connectivity index (χ2n) is 4.87. The summed E-state index contributed by atoms with van der Waals surface area (Å²) in [6.07, 6.45) is 1.60. The van der Waals surface area contributed by atoms with Gasteiger partial charge in [0.05, 0.1) is 25.2 Å². The summed E-state index contributed by atoms with van der Waals surface area (Å²) in [6.45, 7) is 2.37. The number of hydrogen-bond acceptors (Lipinski definition) is 6. The summed E-state index contributed by atoms with van der Waals surface area (Å²) in [5.41, 5.74) is 0.829. The van der Waals surface area contributed by atoms with E-state index < -0.39 is 0 Å². The Labute approximate surface area is 139 Å². The van der Waals surface area contributed by atoms with Gasteiger partial charge >= 0.3 is 0 Å². The zero-order valence-corrected chi connectivity index (χ0v) is 14.2. The first-order valence-electron chi connectivity index (χ1n) is 7.10. The first kappa shape index (κ1) is 17.3. The van der Waals surface area contributed by atoms with Crippen LogP contribution in [0.2, 0.25) is 0 Å². The Bertz CT molecular complexity index is 647. The number of amides is 1. The number of para-hydroxylation sites is 2. The van der Waals surface area contributed by atoms with Crippen molar-refractivity contribution < 1.29 is 14.3 Å². The lowest BCUT2D eigenvalue weighted by Gasteiger charge is -2.13. The number of nitrogens with zero attached hydrogens (tertiary/aromatic N) is 3. The number of methoxy groups -OCH3 is 2. The highest BCUT2D eigenvalue weighted by atomic mass is 32.2. The molecule has 0 saturated carbocycles. The van der Waals surface area contributed by atoms with Crippen molar-refractivity contribution in [1.29, 1.82) is 0 Å². The van der Waals surface area contributed by atoms with Gasteiger partial charge in [-0.15, -0.1) is 10.2 Å². The Hall–Kier alpha value is -2.06. The number of thioether (sulfide) groups is 1. The van der Waals surface area contributed by atoms with E-state index in [1.54, 1.807) is 25.1 Å². The summed E-state index contributed by atoms with van der Waals surface area (Å²) >= 11 is 1.32. The molecule has 1 heterocycles. The molecule has 0 spiro atoms. The molecule has 0 aliphatic rings. The van der Waals surface area contributed by atoms with Gasteiger partial charge in [0, 0.05) is 13.2 Å². The molecule has 23 heavy (non-hydrogen) atoms. The molecule has 1 aromatic carbocycles. The number of nitrogens with one attached hydrogen (secondary N) is 1. The predicted molar refractivity (Wildman–Crippen MR) is 88.1 cm³/mol. The van der Waals surface area contributed by atoms with Crippen LogP contribution in [0.4, 0.5) is 0 Å². The average molecular weight is 336 g/mol. The maximum absolute atomic E-state index is 11.9. The molecule has 0 saturated heterocycles. The zero-order chi connectivity index (χ0) is 16.7. The molecule has 1 amide bonds. The Kier molecular flexibility index (Phi) is 6.42. The van der Waals surface area contributed by atoms with Crippen molar-refractivity contribution in [1.82, 2.24) is 20.1 Å². The van der Waals surface area contributed by atoms with Gasteiger partial charge in [-0.25, -0.2) is 0 Å². The standard InChI is InChI=1S/C15H20N4O3S/c1-11(8-21-2)17-14(20)9-23-15-18-16-10-19(15)12-6-4-5-7-13(12)22-3/h4-7,10-11H,8-9H2,1-3H3,(H,17,20)/t11-/m0/s1. The van der Waals surface area contributed by atoms with Crippen molar-refractivity contribution in [3.8, 4) is 11.4 Å². The molecular formula is C15H20N4O3S. The van der Waals surface area contributed by atoms with Crippen molar-refractivity contribution in [2.24, 2.45) is 0 Å². The first-order valence-corrected chi connectivity index (χ1v) is 8.08. The van der Waals surface area contributed by atoms with E-state index in [9.17, 15) is 4.79 Å². The normalized spacial score (nSPS) is 12.0. The summed E-state index contributed by atoms with van der Waals surface area (Å²) < 4.78 is 12.1. The van der Waals surface area contributed by atoms with E-state index >= 15 is 0 Å². The van der Waals surface area contributed by atoms with Gasteiger partial charge in [0.15, 0.2) is 5.16 Å². The fourth-order valence-electron chi connectivity index (χ4n) is 2.06. The molecule has 2 rings (SSSR count). The molecule has 1 atom stereocenters. The number of carbonyl (C=O) groups is 1. The second kappa shape index (κ2) is 8.54. The smallest absolute Gasteiger partial charge is 0.230 e. The maximum atomic E-state index is 11.9. The lowest BCUT2D eigenvalue weighted by atomic mass is 10.3. The van der Waals surface area contributed by atoms with Crippen molar-refractivity contribution >= 4 is 17.7 Å². The van der Waals surface area contributed by atoms with E-state index in [1.165, 1.54) is 11.8 Å². The van der Waals surface area contributed by atoms with E-state index in [0.717, 1.165) is 5.69 Å². The average Bonchev–Trinajstić information content (AvgIpc) is 3.01.